The number of carboxylic acid groups (broad SMARTS) is 1. The molecule has 0 aromatic carbocycles. The number of carbonyl (C=O) groups is 2. The van der Waals surface area contributed by atoms with E-state index >= 15 is 0 Å². The molecule has 2 N–H and O–H groups in total. The van der Waals surface area contributed by atoms with Crippen molar-refractivity contribution in [2.45, 2.75) is 12.8 Å². The smallest absolute Gasteiger partial charge is 0.319 e. The summed E-state index contributed by atoms with van der Waals surface area (Å²) >= 11 is 0. The van der Waals surface area contributed by atoms with Crippen LogP contribution in [0, 0.1) is 5.41 Å². The highest BCUT2D eigenvalue weighted by atomic mass is 16.5. The lowest BCUT2D eigenvalue weighted by atomic mass is 10.1. The number of carboxylic acids is 1. The van der Waals surface area contributed by atoms with Gasteiger partial charge in [0.1, 0.15) is 5.41 Å². The number of carbonyl (C=O) groups excluding carboxylic acids is 1. The van der Waals surface area contributed by atoms with E-state index in [1.54, 1.807) is 0 Å². The Morgan fingerprint density at radius 2 is 2.15 bits per heavy atom. The summed E-state index contributed by atoms with van der Waals surface area (Å²) in [6.45, 7) is 0.770. The molecule has 0 aromatic rings. The fourth-order valence-corrected chi connectivity index (χ4v) is 1.10. The first-order valence-electron chi connectivity index (χ1n) is 4.14. The third-order valence-corrected chi connectivity index (χ3v) is 2.19. The first-order chi connectivity index (χ1) is 6.13. The third-order valence-electron chi connectivity index (χ3n) is 2.19. The van der Waals surface area contributed by atoms with E-state index in [1.165, 1.54) is 7.11 Å². The molecule has 5 heteroatoms. The standard InChI is InChI=1S/C8H13NO4/c1-13-5-4-9-6(10)8(2-3-8)7(11)12/h2-5H2,1H3,(H,9,10)(H,11,12). The summed E-state index contributed by atoms with van der Waals surface area (Å²) in [6, 6.07) is 0. The predicted molar refractivity (Wildman–Crippen MR) is 44.2 cm³/mol. The van der Waals surface area contributed by atoms with Crippen molar-refractivity contribution in [3.05, 3.63) is 0 Å². The summed E-state index contributed by atoms with van der Waals surface area (Å²) in [5.41, 5.74) is -1.13. The number of aliphatic carboxylic acids is 1. The van der Waals surface area contributed by atoms with Gasteiger partial charge in [-0.05, 0) is 12.8 Å². The summed E-state index contributed by atoms with van der Waals surface area (Å²) in [7, 11) is 1.52. The van der Waals surface area contributed by atoms with Crippen LogP contribution in [0.1, 0.15) is 12.8 Å². The van der Waals surface area contributed by atoms with Crippen molar-refractivity contribution in [2.75, 3.05) is 20.3 Å². The molecule has 1 rings (SSSR count). The molecule has 0 bridgehead atoms. The molecule has 0 atom stereocenters. The average molecular weight is 187 g/mol. The summed E-state index contributed by atoms with van der Waals surface area (Å²) in [4.78, 5) is 22.0. The van der Waals surface area contributed by atoms with Gasteiger partial charge in [0.05, 0.1) is 6.61 Å². The van der Waals surface area contributed by atoms with Gasteiger partial charge in [0.25, 0.3) is 0 Å². The van der Waals surface area contributed by atoms with Crippen LogP contribution in [0.3, 0.4) is 0 Å². The molecule has 1 fully saturated rings. The maximum absolute atomic E-state index is 11.3. The Morgan fingerprint density at radius 1 is 1.54 bits per heavy atom. The first kappa shape index (κ1) is 9.98. The van der Waals surface area contributed by atoms with Crippen molar-refractivity contribution in [1.29, 1.82) is 0 Å². The zero-order valence-electron chi connectivity index (χ0n) is 7.50. The topological polar surface area (TPSA) is 75.6 Å². The summed E-state index contributed by atoms with van der Waals surface area (Å²) in [5, 5.41) is 11.3. The van der Waals surface area contributed by atoms with Crippen LogP contribution in [0.2, 0.25) is 0 Å². The number of amides is 1. The van der Waals surface area contributed by atoms with Gasteiger partial charge in [-0.3, -0.25) is 9.59 Å². The third kappa shape index (κ3) is 1.98. The fraction of sp³-hybridized carbons (Fsp3) is 0.750. The van der Waals surface area contributed by atoms with Crippen LogP contribution in [0.15, 0.2) is 0 Å². The van der Waals surface area contributed by atoms with Crippen LogP contribution in [-0.2, 0) is 14.3 Å². The van der Waals surface area contributed by atoms with Crippen molar-refractivity contribution in [2.24, 2.45) is 5.41 Å². The lowest BCUT2D eigenvalue weighted by Gasteiger charge is -2.09. The number of hydrogen-bond donors (Lipinski definition) is 2. The monoisotopic (exact) mass is 187 g/mol. The van der Waals surface area contributed by atoms with Crippen molar-refractivity contribution in [3.63, 3.8) is 0 Å². The zero-order valence-corrected chi connectivity index (χ0v) is 7.50. The van der Waals surface area contributed by atoms with Crippen molar-refractivity contribution >= 4 is 11.9 Å². The molecule has 0 radical (unpaired) electrons. The molecular formula is C8H13NO4. The van der Waals surface area contributed by atoms with Crippen molar-refractivity contribution in [1.82, 2.24) is 5.32 Å². The van der Waals surface area contributed by atoms with Gasteiger partial charge < -0.3 is 15.2 Å². The average Bonchev–Trinajstić information content (AvgIpc) is 2.84. The second-order valence-corrected chi connectivity index (χ2v) is 3.14. The Morgan fingerprint density at radius 3 is 2.54 bits per heavy atom. The molecule has 74 valence electrons. The highest BCUT2D eigenvalue weighted by Gasteiger charge is 2.56. The van der Waals surface area contributed by atoms with E-state index in [2.05, 4.69) is 5.32 Å². The highest BCUT2D eigenvalue weighted by molar-refractivity contribution is 6.04. The maximum Gasteiger partial charge on any atom is 0.319 e. The van der Waals surface area contributed by atoms with Gasteiger partial charge in [0.2, 0.25) is 5.91 Å². The van der Waals surface area contributed by atoms with Crippen LogP contribution in [0.25, 0.3) is 0 Å². The lowest BCUT2D eigenvalue weighted by molar-refractivity contribution is -0.149. The summed E-state index contributed by atoms with van der Waals surface area (Å²) in [6.07, 6.45) is 0.891. The van der Waals surface area contributed by atoms with E-state index in [4.69, 9.17) is 9.84 Å². The molecule has 1 saturated carbocycles. The van der Waals surface area contributed by atoms with Crippen molar-refractivity contribution < 1.29 is 19.4 Å². The highest BCUT2D eigenvalue weighted by Crippen LogP contribution is 2.45. The van der Waals surface area contributed by atoms with Gasteiger partial charge in [-0.1, -0.05) is 0 Å². The molecule has 1 amide bonds. The summed E-state index contributed by atoms with van der Waals surface area (Å²) < 4.78 is 4.72. The second kappa shape index (κ2) is 3.74. The second-order valence-electron chi connectivity index (χ2n) is 3.14. The maximum atomic E-state index is 11.3. The quantitative estimate of drug-likeness (QED) is 0.454. The van der Waals surface area contributed by atoms with Crippen LogP contribution >= 0.6 is 0 Å². The number of rotatable bonds is 5. The largest absolute Gasteiger partial charge is 0.480 e. The number of methoxy groups -OCH3 is 1. The molecule has 5 nitrogen and oxygen atoms in total. The Kier molecular flexibility index (Phi) is 2.87. The van der Waals surface area contributed by atoms with Gasteiger partial charge in [-0.15, -0.1) is 0 Å². The lowest BCUT2D eigenvalue weighted by Crippen LogP contribution is -2.38. The molecular weight excluding hydrogens is 174 g/mol. The molecule has 1 aliphatic rings. The number of nitrogens with one attached hydrogen (secondary N) is 1. The fourth-order valence-electron chi connectivity index (χ4n) is 1.10. The normalized spacial score (nSPS) is 17.9. The molecule has 0 unspecified atom stereocenters. The molecule has 0 aliphatic heterocycles. The van der Waals surface area contributed by atoms with E-state index < -0.39 is 17.3 Å². The molecule has 0 saturated heterocycles. The Bertz CT molecular complexity index is 222. The predicted octanol–water partition coefficient (Wildman–Crippen LogP) is -0.386. The van der Waals surface area contributed by atoms with Crippen molar-refractivity contribution in [3.8, 4) is 0 Å². The minimum Gasteiger partial charge on any atom is -0.480 e. The van der Waals surface area contributed by atoms with Gasteiger partial charge in [0, 0.05) is 13.7 Å². The minimum absolute atomic E-state index is 0.365. The van der Waals surface area contributed by atoms with Gasteiger partial charge in [0.15, 0.2) is 0 Å². The van der Waals surface area contributed by atoms with Gasteiger partial charge in [-0.2, -0.15) is 0 Å². The molecule has 13 heavy (non-hydrogen) atoms. The SMILES string of the molecule is COCCNC(=O)C1(C(=O)O)CC1. The van der Waals surface area contributed by atoms with Crippen LogP contribution < -0.4 is 5.32 Å². The molecule has 0 heterocycles. The Balaban J connectivity index is 2.35. The molecule has 0 spiro atoms. The summed E-state index contributed by atoms with van der Waals surface area (Å²) in [5.74, 6) is -1.42. The number of hydrogen-bond acceptors (Lipinski definition) is 3. The minimum atomic E-state index is -1.13. The van der Waals surface area contributed by atoms with Gasteiger partial charge >= 0.3 is 5.97 Å². The van der Waals surface area contributed by atoms with Crippen LogP contribution in [-0.4, -0.2) is 37.2 Å². The Hall–Kier alpha value is -1.10. The zero-order chi connectivity index (χ0) is 9.90. The van der Waals surface area contributed by atoms with Gasteiger partial charge in [-0.25, -0.2) is 0 Å². The van der Waals surface area contributed by atoms with Crippen LogP contribution in [0.5, 0.6) is 0 Å². The van der Waals surface area contributed by atoms with E-state index in [0.29, 0.717) is 26.0 Å². The molecule has 0 aromatic heterocycles. The molecule has 1 aliphatic carbocycles. The number of ether oxygens (including phenoxy) is 1. The van der Waals surface area contributed by atoms with Crippen LogP contribution in [0.4, 0.5) is 0 Å². The van der Waals surface area contributed by atoms with E-state index in [-0.39, 0.29) is 0 Å². The van der Waals surface area contributed by atoms with E-state index in [9.17, 15) is 9.59 Å². The van der Waals surface area contributed by atoms with E-state index in [0.717, 1.165) is 0 Å². The Labute approximate surface area is 76.1 Å². The first-order valence-corrected chi connectivity index (χ1v) is 4.14. The van der Waals surface area contributed by atoms with E-state index in [1.807, 2.05) is 0 Å².